The van der Waals surface area contributed by atoms with Gasteiger partial charge >= 0.3 is 0 Å². The molecule has 0 atom stereocenters. The molecule has 0 radical (unpaired) electrons. The third-order valence-electron chi connectivity index (χ3n) is 4.01. The fourth-order valence-electron chi connectivity index (χ4n) is 2.65. The van der Waals surface area contributed by atoms with Gasteiger partial charge in [-0.25, -0.2) is 4.98 Å². The normalized spacial score (nSPS) is 11.6. The standard InChI is InChI=1S/C19H19NO4S/c1-14-18(20-19(24-14)16-7-3-2-4-8-16)9-5-6-15-10-12-17(13-11-15)25(21,22)23/h2-4,7-8,10-13H,5-6,9H2,1H3,(H,21,22,23). The molecular weight excluding hydrogens is 338 g/mol. The molecule has 5 nitrogen and oxygen atoms in total. The van der Waals surface area contributed by atoms with Crippen LogP contribution in [-0.2, 0) is 23.0 Å². The van der Waals surface area contributed by atoms with Crippen molar-refractivity contribution in [2.45, 2.75) is 31.1 Å². The Kier molecular flexibility index (Phi) is 5.01. The lowest BCUT2D eigenvalue weighted by Gasteiger charge is -2.02. The van der Waals surface area contributed by atoms with E-state index in [1.165, 1.54) is 12.1 Å². The van der Waals surface area contributed by atoms with Gasteiger partial charge in [0.1, 0.15) is 5.76 Å². The highest BCUT2D eigenvalue weighted by atomic mass is 32.2. The van der Waals surface area contributed by atoms with Crippen molar-refractivity contribution in [2.24, 2.45) is 0 Å². The first-order valence-corrected chi connectivity index (χ1v) is 9.45. The Bertz CT molecular complexity index is 945. The van der Waals surface area contributed by atoms with Gasteiger partial charge in [-0.3, -0.25) is 4.55 Å². The van der Waals surface area contributed by atoms with Crippen molar-refractivity contribution < 1.29 is 17.4 Å². The molecule has 25 heavy (non-hydrogen) atoms. The lowest BCUT2D eigenvalue weighted by Crippen LogP contribution is -1.98. The Morgan fingerprint density at radius 2 is 1.68 bits per heavy atom. The molecule has 1 N–H and O–H groups in total. The Morgan fingerprint density at radius 3 is 2.32 bits per heavy atom. The zero-order valence-corrected chi connectivity index (χ0v) is 14.7. The van der Waals surface area contributed by atoms with Gasteiger partial charge in [0, 0.05) is 5.56 Å². The average Bonchev–Trinajstić information content (AvgIpc) is 2.96. The van der Waals surface area contributed by atoms with Gasteiger partial charge in [0.25, 0.3) is 10.1 Å². The molecule has 1 aromatic heterocycles. The number of oxazole rings is 1. The van der Waals surface area contributed by atoms with Crippen LogP contribution < -0.4 is 0 Å². The maximum absolute atomic E-state index is 11.0. The summed E-state index contributed by atoms with van der Waals surface area (Å²) in [7, 11) is -4.13. The van der Waals surface area contributed by atoms with Crippen LogP contribution in [0.15, 0.2) is 63.9 Å². The second kappa shape index (κ2) is 7.21. The number of aromatic nitrogens is 1. The van der Waals surface area contributed by atoms with Crippen molar-refractivity contribution in [3.8, 4) is 11.5 Å². The number of aryl methyl sites for hydroxylation is 3. The predicted octanol–water partition coefficient (Wildman–Crippen LogP) is 4.07. The molecular formula is C19H19NO4S. The van der Waals surface area contributed by atoms with Crippen molar-refractivity contribution in [3.63, 3.8) is 0 Å². The van der Waals surface area contributed by atoms with E-state index >= 15 is 0 Å². The molecule has 0 saturated heterocycles. The topological polar surface area (TPSA) is 80.4 Å². The molecule has 0 fully saturated rings. The van der Waals surface area contributed by atoms with Crippen LogP contribution in [0.4, 0.5) is 0 Å². The molecule has 2 aromatic carbocycles. The SMILES string of the molecule is Cc1oc(-c2ccccc2)nc1CCCc1ccc(S(=O)(=O)O)cc1. The molecule has 0 aliphatic carbocycles. The van der Waals surface area contributed by atoms with E-state index < -0.39 is 10.1 Å². The van der Waals surface area contributed by atoms with Crippen LogP contribution in [0.25, 0.3) is 11.5 Å². The van der Waals surface area contributed by atoms with Crippen molar-refractivity contribution in [1.82, 2.24) is 4.98 Å². The monoisotopic (exact) mass is 357 g/mol. The van der Waals surface area contributed by atoms with Gasteiger partial charge in [-0.2, -0.15) is 8.42 Å². The molecule has 0 amide bonds. The molecule has 0 aliphatic rings. The number of rotatable bonds is 6. The summed E-state index contributed by atoms with van der Waals surface area (Å²) in [6.45, 7) is 1.91. The maximum atomic E-state index is 11.0. The first-order valence-electron chi connectivity index (χ1n) is 8.01. The van der Waals surface area contributed by atoms with Crippen LogP contribution in [0.5, 0.6) is 0 Å². The molecule has 0 aliphatic heterocycles. The van der Waals surface area contributed by atoms with Gasteiger partial charge in [0.05, 0.1) is 10.6 Å². The lowest BCUT2D eigenvalue weighted by molar-refractivity contribution is 0.483. The van der Waals surface area contributed by atoms with Gasteiger partial charge in [0.15, 0.2) is 0 Å². The average molecular weight is 357 g/mol. The fourth-order valence-corrected chi connectivity index (χ4v) is 3.13. The molecule has 130 valence electrons. The smallest absolute Gasteiger partial charge is 0.294 e. The van der Waals surface area contributed by atoms with E-state index in [0.29, 0.717) is 5.89 Å². The summed E-state index contributed by atoms with van der Waals surface area (Å²) < 4.78 is 36.8. The second-order valence-electron chi connectivity index (χ2n) is 5.86. The third-order valence-corrected chi connectivity index (χ3v) is 4.88. The van der Waals surface area contributed by atoms with E-state index in [0.717, 1.165) is 41.8 Å². The Morgan fingerprint density at radius 1 is 1.00 bits per heavy atom. The van der Waals surface area contributed by atoms with E-state index in [1.54, 1.807) is 12.1 Å². The van der Waals surface area contributed by atoms with E-state index in [-0.39, 0.29) is 4.90 Å². The molecule has 0 saturated carbocycles. The lowest BCUT2D eigenvalue weighted by atomic mass is 10.1. The van der Waals surface area contributed by atoms with Gasteiger partial charge in [-0.05, 0) is 56.0 Å². The minimum Gasteiger partial charge on any atom is -0.441 e. The summed E-state index contributed by atoms with van der Waals surface area (Å²) in [4.78, 5) is 4.49. The third kappa shape index (κ3) is 4.35. The zero-order chi connectivity index (χ0) is 17.9. The first kappa shape index (κ1) is 17.4. The Labute approximate surface area is 147 Å². The van der Waals surface area contributed by atoms with Crippen molar-refractivity contribution in [2.75, 3.05) is 0 Å². The molecule has 0 spiro atoms. The van der Waals surface area contributed by atoms with Crippen LogP contribution in [0.2, 0.25) is 0 Å². The van der Waals surface area contributed by atoms with Crippen molar-refractivity contribution in [1.29, 1.82) is 0 Å². The zero-order valence-electron chi connectivity index (χ0n) is 13.8. The van der Waals surface area contributed by atoms with Crippen LogP contribution >= 0.6 is 0 Å². The number of benzene rings is 2. The fraction of sp³-hybridized carbons (Fsp3) is 0.211. The Balaban J connectivity index is 1.62. The van der Waals surface area contributed by atoms with E-state index in [4.69, 9.17) is 8.97 Å². The number of hydrogen-bond donors (Lipinski definition) is 1. The molecule has 1 heterocycles. The molecule has 0 unspecified atom stereocenters. The number of hydrogen-bond acceptors (Lipinski definition) is 4. The van der Waals surface area contributed by atoms with Gasteiger partial charge in [0.2, 0.25) is 5.89 Å². The molecule has 3 rings (SSSR count). The van der Waals surface area contributed by atoms with Crippen molar-refractivity contribution in [3.05, 3.63) is 71.6 Å². The first-order chi connectivity index (χ1) is 11.9. The summed E-state index contributed by atoms with van der Waals surface area (Å²) in [5.41, 5.74) is 2.91. The minimum absolute atomic E-state index is 0.0869. The van der Waals surface area contributed by atoms with Crippen molar-refractivity contribution >= 4 is 10.1 Å². The summed E-state index contributed by atoms with van der Waals surface area (Å²) in [6, 6.07) is 16.0. The van der Waals surface area contributed by atoms with Gasteiger partial charge in [-0.1, -0.05) is 30.3 Å². The molecule has 6 heteroatoms. The van der Waals surface area contributed by atoms with E-state index in [2.05, 4.69) is 4.98 Å². The maximum Gasteiger partial charge on any atom is 0.294 e. The second-order valence-corrected chi connectivity index (χ2v) is 7.28. The summed E-state index contributed by atoms with van der Waals surface area (Å²) >= 11 is 0. The van der Waals surface area contributed by atoms with E-state index in [1.807, 2.05) is 37.3 Å². The summed E-state index contributed by atoms with van der Waals surface area (Å²) in [5, 5.41) is 0. The van der Waals surface area contributed by atoms with Crippen LogP contribution in [0.3, 0.4) is 0 Å². The summed E-state index contributed by atoms with van der Waals surface area (Å²) in [5.74, 6) is 1.45. The quantitative estimate of drug-likeness (QED) is 0.673. The van der Waals surface area contributed by atoms with Gasteiger partial charge < -0.3 is 4.42 Å². The van der Waals surface area contributed by atoms with Crippen LogP contribution in [0, 0.1) is 6.92 Å². The summed E-state index contributed by atoms with van der Waals surface area (Å²) in [6.07, 6.45) is 2.44. The van der Waals surface area contributed by atoms with Crippen LogP contribution in [0.1, 0.15) is 23.4 Å². The highest BCUT2D eigenvalue weighted by molar-refractivity contribution is 7.85. The largest absolute Gasteiger partial charge is 0.441 e. The highest BCUT2D eigenvalue weighted by Gasteiger charge is 2.11. The number of nitrogens with zero attached hydrogens (tertiary/aromatic N) is 1. The van der Waals surface area contributed by atoms with Crippen LogP contribution in [-0.4, -0.2) is 18.0 Å². The molecule has 3 aromatic rings. The Hall–Kier alpha value is -2.44. The van der Waals surface area contributed by atoms with Gasteiger partial charge in [-0.15, -0.1) is 0 Å². The minimum atomic E-state index is -4.13. The molecule has 0 bridgehead atoms. The highest BCUT2D eigenvalue weighted by Crippen LogP contribution is 2.22. The van der Waals surface area contributed by atoms with E-state index in [9.17, 15) is 8.42 Å². The predicted molar refractivity (Wildman–Crippen MR) is 95.0 cm³/mol.